The third kappa shape index (κ3) is 3.75. The minimum absolute atomic E-state index is 0.0155. The normalized spacial score (nSPS) is 15.7. The van der Waals surface area contributed by atoms with Gasteiger partial charge in [0.05, 0.1) is 22.2 Å². The largest absolute Gasteiger partial charge is 0.414 e. The Balaban J connectivity index is 1.77. The Morgan fingerprint density at radius 2 is 1.78 bits per heavy atom. The van der Waals surface area contributed by atoms with Crippen LogP contribution in [-0.2, 0) is 25.5 Å². The molecule has 0 saturated carbocycles. The molecule has 23 heavy (non-hydrogen) atoms. The number of para-hydroxylation sites is 2. The molecule has 118 valence electrons. The summed E-state index contributed by atoms with van der Waals surface area (Å²) in [6, 6.07) is 12.3. The Labute approximate surface area is 142 Å². The molecule has 1 heterocycles. The molecule has 1 unspecified atom stereocenters. The zero-order valence-electron chi connectivity index (χ0n) is 11.7. The molecule has 1 saturated heterocycles. The first-order valence-corrected chi connectivity index (χ1v) is 7.49. The molecule has 0 amide bonds. The smallest absolute Gasteiger partial charge is 0.393 e. The molecule has 0 spiro atoms. The van der Waals surface area contributed by atoms with Gasteiger partial charge in [-0.25, -0.2) is 4.79 Å². The minimum Gasteiger partial charge on any atom is -0.414 e. The lowest BCUT2D eigenvalue weighted by molar-refractivity contribution is -0.148. The highest BCUT2D eigenvalue weighted by atomic mass is 35.5. The summed E-state index contributed by atoms with van der Waals surface area (Å²) in [6.07, 6.45) is -1.07. The maximum Gasteiger partial charge on any atom is 0.393 e. The van der Waals surface area contributed by atoms with Crippen molar-refractivity contribution < 1.29 is 19.1 Å². The fraction of sp³-hybridized carbons (Fsp3) is 0.125. The molecule has 1 aliphatic heterocycles. The van der Waals surface area contributed by atoms with E-state index in [0.717, 1.165) is 0 Å². The van der Waals surface area contributed by atoms with Crippen molar-refractivity contribution in [3.8, 4) is 0 Å². The molecule has 1 fully saturated rings. The summed E-state index contributed by atoms with van der Waals surface area (Å²) < 4.78 is 9.29. The van der Waals surface area contributed by atoms with Crippen molar-refractivity contribution in [3.05, 3.63) is 58.1 Å². The summed E-state index contributed by atoms with van der Waals surface area (Å²) in [5.74, 6) is -1.09. The number of halogens is 2. The summed E-state index contributed by atoms with van der Waals surface area (Å²) >= 11 is 12.3. The van der Waals surface area contributed by atoms with E-state index in [0.29, 0.717) is 27.0 Å². The molecule has 3 rings (SSSR count). The maximum absolute atomic E-state index is 11.8. The summed E-state index contributed by atoms with van der Waals surface area (Å²) in [7, 11) is 0. The van der Waals surface area contributed by atoms with Gasteiger partial charge in [0, 0.05) is 5.69 Å². The van der Waals surface area contributed by atoms with E-state index in [1.54, 1.807) is 36.4 Å². The van der Waals surface area contributed by atoms with Gasteiger partial charge in [0.25, 0.3) is 0 Å². The highest BCUT2D eigenvalue weighted by molar-refractivity contribution is 6.39. The molecule has 0 aliphatic carbocycles. The van der Waals surface area contributed by atoms with E-state index in [1.807, 2.05) is 6.07 Å². The lowest BCUT2D eigenvalue weighted by Crippen LogP contribution is -2.12. The van der Waals surface area contributed by atoms with Gasteiger partial charge in [-0.1, -0.05) is 47.5 Å². The molecule has 2 aromatic rings. The molecule has 0 aromatic heterocycles. The van der Waals surface area contributed by atoms with Gasteiger partial charge in [-0.3, -0.25) is 4.79 Å². The van der Waals surface area contributed by atoms with Crippen LogP contribution >= 0.6 is 23.2 Å². The number of nitrogens with one attached hydrogen (secondary N) is 1. The summed E-state index contributed by atoms with van der Waals surface area (Å²) in [6.45, 7) is 0. The van der Waals surface area contributed by atoms with E-state index in [9.17, 15) is 9.59 Å². The van der Waals surface area contributed by atoms with Crippen molar-refractivity contribution in [2.24, 2.45) is 0 Å². The molecular formula is C16H11Cl2NO4. The number of epoxide rings is 1. The van der Waals surface area contributed by atoms with Crippen LogP contribution in [0.1, 0.15) is 5.56 Å². The number of cyclic esters (lactones) is 1. The Morgan fingerprint density at radius 1 is 1.13 bits per heavy atom. The second kappa shape index (κ2) is 6.48. The minimum atomic E-state index is -1.05. The van der Waals surface area contributed by atoms with Crippen molar-refractivity contribution >= 4 is 46.5 Å². The van der Waals surface area contributed by atoms with Crippen molar-refractivity contribution in [2.75, 3.05) is 5.32 Å². The predicted molar refractivity (Wildman–Crippen MR) is 85.9 cm³/mol. The number of benzene rings is 2. The van der Waals surface area contributed by atoms with E-state index < -0.39 is 18.2 Å². The molecule has 0 radical (unpaired) electrons. The summed E-state index contributed by atoms with van der Waals surface area (Å²) in [5, 5.41) is 4.05. The van der Waals surface area contributed by atoms with Crippen LogP contribution < -0.4 is 5.32 Å². The van der Waals surface area contributed by atoms with Crippen molar-refractivity contribution in [1.29, 1.82) is 0 Å². The highest BCUT2D eigenvalue weighted by Gasteiger charge is 2.42. The fourth-order valence-electron chi connectivity index (χ4n) is 2.01. The van der Waals surface area contributed by atoms with Crippen LogP contribution in [0.5, 0.6) is 0 Å². The first kappa shape index (κ1) is 15.6. The second-order valence-corrected chi connectivity index (χ2v) is 5.63. The van der Waals surface area contributed by atoms with Crippen LogP contribution in [0.25, 0.3) is 0 Å². The van der Waals surface area contributed by atoms with E-state index in [-0.39, 0.29) is 6.42 Å². The van der Waals surface area contributed by atoms with Gasteiger partial charge in [0.1, 0.15) is 0 Å². The maximum atomic E-state index is 11.8. The molecule has 0 bridgehead atoms. The Bertz CT molecular complexity index is 758. The zero-order chi connectivity index (χ0) is 16.4. The Morgan fingerprint density at radius 3 is 2.43 bits per heavy atom. The van der Waals surface area contributed by atoms with E-state index in [1.165, 1.54) is 0 Å². The van der Waals surface area contributed by atoms with E-state index >= 15 is 0 Å². The Hall–Kier alpha value is -2.24. The SMILES string of the molecule is O=C(Cc1ccccc1Nc1c(Cl)cccc1Cl)OC1OC1=O. The van der Waals surface area contributed by atoms with Crippen LogP contribution in [0, 0.1) is 0 Å². The molecular weight excluding hydrogens is 341 g/mol. The molecule has 5 nitrogen and oxygen atoms in total. The standard InChI is InChI=1S/C16H11Cl2NO4/c17-10-5-3-6-11(18)14(10)19-12-7-2-1-4-9(12)8-13(20)22-16-15(21)23-16/h1-7,16,19H,8H2. The van der Waals surface area contributed by atoms with Gasteiger partial charge in [-0.05, 0) is 23.8 Å². The van der Waals surface area contributed by atoms with E-state index in [2.05, 4.69) is 10.1 Å². The van der Waals surface area contributed by atoms with Gasteiger partial charge in [0.2, 0.25) is 0 Å². The van der Waals surface area contributed by atoms with E-state index in [4.69, 9.17) is 27.9 Å². The first-order valence-electron chi connectivity index (χ1n) is 6.73. The third-order valence-corrected chi connectivity index (χ3v) is 3.80. The number of carbonyl (C=O) groups is 2. The molecule has 1 N–H and O–H groups in total. The number of hydrogen-bond donors (Lipinski definition) is 1. The quantitative estimate of drug-likeness (QED) is 0.656. The third-order valence-electron chi connectivity index (χ3n) is 3.17. The number of ether oxygens (including phenoxy) is 2. The van der Waals surface area contributed by atoms with Gasteiger partial charge >= 0.3 is 18.2 Å². The topological polar surface area (TPSA) is 67.9 Å². The predicted octanol–water partition coefficient (Wildman–Crippen LogP) is 3.71. The van der Waals surface area contributed by atoms with Crippen molar-refractivity contribution in [2.45, 2.75) is 12.7 Å². The molecule has 1 aliphatic rings. The number of rotatable bonds is 5. The number of esters is 1. The van der Waals surface area contributed by atoms with Gasteiger partial charge < -0.3 is 14.8 Å². The number of carbonyl (C=O) groups excluding carboxylic acids is 2. The Kier molecular flexibility index (Phi) is 4.41. The van der Waals surface area contributed by atoms with Gasteiger partial charge in [-0.2, -0.15) is 0 Å². The first-order chi connectivity index (χ1) is 11.0. The average Bonchev–Trinajstić information content (AvgIpc) is 3.19. The molecule has 7 heteroatoms. The lowest BCUT2D eigenvalue weighted by atomic mass is 10.1. The lowest BCUT2D eigenvalue weighted by Gasteiger charge is -2.14. The number of hydrogen-bond acceptors (Lipinski definition) is 5. The van der Waals surface area contributed by atoms with Gasteiger partial charge in [0.15, 0.2) is 0 Å². The van der Waals surface area contributed by atoms with Crippen LogP contribution in [-0.4, -0.2) is 18.2 Å². The van der Waals surface area contributed by atoms with Crippen LogP contribution in [0.3, 0.4) is 0 Å². The van der Waals surface area contributed by atoms with Crippen LogP contribution in [0.4, 0.5) is 11.4 Å². The second-order valence-electron chi connectivity index (χ2n) is 4.81. The van der Waals surface area contributed by atoms with Crippen LogP contribution in [0.2, 0.25) is 10.0 Å². The van der Waals surface area contributed by atoms with Crippen molar-refractivity contribution in [3.63, 3.8) is 0 Å². The van der Waals surface area contributed by atoms with Crippen LogP contribution in [0.15, 0.2) is 42.5 Å². The monoisotopic (exact) mass is 351 g/mol. The average molecular weight is 352 g/mol. The number of anilines is 2. The van der Waals surface area contributed by atoms with Gasteiger partial charge in [-0.15, -0.1) is 0 Å². The summed E-state index contributed by atoms with van der Waals surface area (Å²) in [4.78, 5) is 22.5. The summed E-state index contributed by atoms with van der Waals surface area (Å²) in [5.41, 5.74) is 1.90. The highest BCUT2D eigenvalue weighted by Crippen LogP contribution is 2.33. The molecule has 2 aromatic carbocycles. The van der Waals surface area contributed by atoms with Crippen molar-refractivity contribution in [1.82, 2.24) is 0 Å². The zero-order valence-corrected chi connectivity index (χ0v) is 13.2. The molecule has 1 atom stereocenters. The fourth-order valence-corrected chi connectivity index (χ4v) is 2.50.